The Labute approximate surface area is 97.8 Å². The lowest BCUT2D eigenvalue weighted by atomic mass is 10.2. The van der Waals surface area contributed by atoms with Gasteiger partial charge in [0.1, 0.15) is 0 Å². The molecule has 0 aromatic heterocycles. The first-order valence-corrected chi connectivity index (χ1v) is 6.03. The van der Waals surface area contributed by atoms with E-state index in [0.29, 0.717) is 0 Å². The van der Waals surface area contributed by atoms with E-state index in [9.17, 15) is 0 Å². The molecule has 0 saturated carbocycles. The van der Waals surface area contributed by atoms with Crippen LogP contribution in [-0.2, 0) is 0 Å². The third kappa shape index (κ3) is 2.97. The van der Waals surface area contributed by atoms with Gasteiger partial charge in [0.2, 0.25) is 0 Å². The monoisotopic (exact) mass is 219 g/mol. The van der Waals surface area contributed by atoms with Crippen molar-refractivity contribution in [2.75, 3.05) is 37.6 Å². The van der Waals surface area contributed by atoms with Gasteiger partial charge in [-0.25, -0.2) is 0 Å². The predicted molar refractivity (Wildman–Crippen MR) is 68.7 cm³/mol. The van der Waals surface area contributed by atoms with Gasteiger partial charge in [-0.3, -0.25) is 4.90 Å². The molecular formula is C13H21N3. The van der Waals surface area contributed by atoms with Gasteiger partial charge in [0, 0.05) is 44.5 Å². The van der Waals surface area contributed by atoms with E-state index in [4.69, 9.17) is 5.73 Å². The molecule has 1 heterocycles. The zero-order valence-corrected chi connectivity index (χ0v) is 9.97. The van der Waals surface area contributed by atoms with Crippen molar-refractivity contribution in [3.05, 3.63) is 30.3 Å². The average Bonchev–Trinajstić information content (AvgIpc) is 2.30. The van der Waals surface area contributed by atoms with Gasteiger partial charge in [0.25, 0.3) is 0 Å². The first-order valence-electron chi connectivity index (χ1n) is 6.03. The summed E-state index contributed by atoms with van der Waals surface area (Å²) >= 11 is 0. The van der Waals surface area contributed by atoms with Gasteiger partial charge in [-0.15, -0.1) is 0 Å². The second kappa shape index (κ2) is 5.32. The Bertz CT molecular complexity index is 302. The molecule has 1 aromatic rings. The summed E-state index contributed by atoms with van der Waals surface area (Å²) in [6, 6.07) is 10.9. The lowest BCUT2D eigenvalue weighted by Crippen LogP contribution is -2.49. The van der Waals surface area contributed by atoms with E-state index in [1.54, 1.807) is 0 Å². The number of nitrogens with two attached hydrogens (primary N) is 1. The zero-order valence-electron chi connectivity index (χ0n) is 9.97. The topological polar surface area (TPSA) is 32.5 Å². The standard InChI is InChI=1S/C13H21N3/c1-12(14)11-15-7-9-16(10-8-15)13-5-3-2-4-6-13/h2-6,12H,7-11,14H2,1H3/t12-/m0/s1. The molecule has 2 N–H and O–H groups in total. The van der Waals surface area contributed by atoms with Crippen molar-refractivity contribution in [2.45, 2.75) is 13.0 Å². The molecule has 88 valence electrons. The van der Waals surface area contributed by atoms with Crippen molar-refractivity contribution >= 4 is 5.69 Å². The molecule has 1 fully saturated rings. The quantitative estimate of drug-likeness (QED) is 0.828. The summed E-state index contributed by atoms with van der Waals surface area (Å²) < 4.78 is 0. The van der Waals surface area contributed by atoms with E-state index in [0.717, 1.165) is 32.7 Å². The lowest BCUT2D eigenvalue weighted by Gasteiger charge is -2.36. The molecule has 1 aromatic carbocycles. The fraction of sp³-hybridized carbons (Fsp3) is 0.538. The summed E-state index contributed by atoms with van der Waals surface area (Å²) in [5.74, 6) is 0. The summed E-state index contributed by atoms with van der Waals surface area (Å²) in [5.41, 5.74) is 7.15. The Morgan fingerprint density at radius 1 is 1.12 bits per heavy atom. The van der Waals surface area contributed by atoms with Crippen LogP contribution in [0.3, 0.4) is 0 Å². The van der Waals surface area contributed by atoms with Gasteiger partial charge in [-0.2, -0.15) is 0 Å². The SMILES string of the molecule is C[C@H](N)CN1CCN(c2ccccc2)CC1. The number of hydrogen-bond donors (Lipinski definition) is 1. The highest BCUT2D eigenvalue weighted by molar-refractivity contribution is 5.46. The van der Waals surface area contributed by atoms with E-state index in [2.05, 4.69) is 47.1 Å². The Morgan fingerprint density at radius 2 is 1.75 bits per heavy atom. The first kappa shape index (κ1) is 11.4. The van der Waals surface area contributed by atoms with Crippen LogP contribution in [0, 0.1) is 0 Å². The molecule has 16 heavy (non-hydrogen) atoms. The Morgan fingerprint density at radius 3 is 2.31 bits per heavy atom. The molecule has 0 spiro atoms. The highest BCUT2D eigenvalue weighted by Gasteiger charge is 2.17. The number of rotatable bonds is 3. The van der Waals surface area contributed by atoms with Gasteiger partial charge >= 0.3 is 0 Å². The molecule has 0 bridgehead atoms. The van der Waals surface area contributed by atoms with E-state index < -0.39 is 0 Å². The Balaban J connectivity index is 1.86. The van der Waals surface area contributed by atoms with Crippen molar-refractivity contribution in [3.8, 4) is 0 Å². The van der Waals surface area contributed by atoms with Gasteiger partial charge in [0.15, 0.2) is 0 Å². The van der Waals surface area contributed by atoms with Crippen LogP contribution in [-0.4, -0.2) is 43.7 Å². The molecule has 0 unspecified atom stereocenters. The molecule has 1 atom stereocenters. The minimum Gasteiger partial charge on any atom is -0.369 e. The van der Waals surface area contributed by atoms with Gasteiger partial charge in [-0.1, -0.05) is 18.2 Å². The Kier molecular flexibility index (Phi) is 3.80. The highest BCUT2D eigenvalue weighted by atomic mass is 15.3. The fourth-order valence-electron chi connectivity index (χ4n) is 2.23. The molecule has 0 radical (unpaired) electrons. The first-order chi connectivity index (χ1) is 7.75. The van der Waals surface area contributed by atoms with Crippen LogP contribution in [0.1, 0.15) is 6.92 Å². The van der Waals surface area contributed by atoms with Crippen LogP contribution in [0.25, 0.3) is 0 Å². The number of para-hydroxylation sites is 1. The summed E-state index contributed by atoms with van der Waals surface area (Å²) in [5, 5.41) is 0. The minimum absolute atomic E-state index is 0.281. The van der Waals surface area contributed by atoms with E-state index in [1.165, 1.54) is 5.69 Å². The normalized spacial score (nSPS) is 19.8. The third-order valence-electron chi connectivity index (χ3n) is 3.04. The maximum absolute atomic E-state index is 5.81. The zero-order chi connectivity index (χ0) is 11.4. The van der Waals surface area contributed by atoms with Crippen molar-refractivity contribution in [2.24, 2.45) is 5.73 Å². The van der Waals surface area contributed by atoms with Crippen molar-refractivity contribution in [3.63, 3.8) is 0 Å². The van der Waals surface area contributed by atoms with Crippen LogP contribution in [0.2, 0.25) is 0 Å². The maximum Gasteiger partial charge on any atom is 0.0367 e. The second-order valence-electron chi connectivity index (χ2n) is 4.60. The highest BCUT2D eigenvalue weighted by Crippen LogP contribution is 2.15. The summed E-state index contributed by atoms with van der Waals surface area (Å²) in [6.07, 6.45) is 0. The largest absolute Gasteiger partial charge is 0.369 e. The number of benzene rings is 1. The number of anilines is 1. The second-order valence-corrected chi connectivity index (χ2v) is 4.60. The minimum atomic E-state index is 0.281. The van der Waals surface area contributed by atoms with Crippen LogP contribution in [0.15, 0.2) is 30.3 Å². The van der Waals surface area contributed by atoms with Crippen molar-refractivity contribution < 1.29 is 0 Å². The smallest absolute Gasteiger partial charge is 0.0367 e. The van der Waals surface area contributed by atoms with Gasteiger partial charge in [0.05, 0.1) is 0 Å². The van der Waals surface area contributed by atoms with E-state index >= 15 is 0 Å². The average molecular weight is 219 g/mol. The molecule has 1 aliphatic heterocycles. The molecule has 2 rings (SSSR count). The molecule has 0 aliphatic carbocycles. The predicted octanol–water partition coefficient (Wildman–Crippen LogP) is 1.16. The molecule has 0 amide bonds. The number of hydrogen-bond acceptors (Lipinski definition) is 3. The molecule has 3 nitrogen and oxygen atoms in total. The van der Waals surface area contributed by atoms with E-state index in [1.807, 2.05) is 0 Å². The maximum atomic E-state index is 5.81. The lowest BCUT2D eigenvalue weighted by molar-refractivity contribution is 0.247. The van der Waals surface area contributed by atoms with Crippen molar-refractivity contribution in [1.29, 1.82) is 0 Å². The fourth-order valence-corrected chi connectivity index (χ4v) is 2.23. The van der Waals surface area contributed by atoms with Crippen LogP contribution >= 0.6 is 0 Å². The van der Waals surface area contributed by atoms with E-state index in [-0.39, 0.29) is 6.04 Å². The number of nitrogens with zero attached hydrogens (tertiary/aromatic N) is 2. The van der Waals surface area contributed by atoms with Crippen molar-refractivity contribution in [1.82, 2.24) is 4.90 Å². The third-order valence-corrected chi connectivity index (χ3v) is 3.04. The molecule has 3 heteroatoms. The summed E-state index contributed by atoms with van der Waals surface area (Å²) in [6.45, 7) is 7.55. The summed E-state index contributed by atoms with van der Waals surface area (Å²) in [4.78, 5) is 4.89. The number of piperazine rings is 1. The van der Waals surface area contributed by atoms with Crippen LogP contribution < -0.4 is 10.6 Å². The molecule has 1 aliphatic rings. The molecule has 1 saturated heterocycles. The molecular weight excluding hydrogens is 198 g/mol. The van der Waals surface area contributed by atoms with Gasteiger partial charge in [-0.05, 0) is 19.1 Å². The van der Waals surface area contributed by atoms with Gasteiger partial charge < -0.3 is 10.6 Å². The Hall–Kier alpha value is -1.06. The summed E-state index contributed by atoms with van der Waals surface area (Å²) in [7, 11) is 0. The van der Waals surface area contributed by atoms with Crippen LogP contribution in [0.4, 0.5) is 5.69 Å². The van der Waals surface area contributed by atoms with Crippen LogP contribution in [0.5, 0.6) is 0 Å².